The summed E-state index contributed by atoms with van der Waals surface area (Å²) in [5.41, 5.74) is 0. The Morgan fingerprint density at radius 3 is 2.77 bits per heavy atom. The van der Waals surface area contributed by atoms with Gasteiger partial charge in [-0.1, -0.05) is 18.5 Å². The first kappa shape index (κ1) is 11.2. The van der Waals surface area contributed by atoms with Crippen LogP contribution in [0.5, 0.6) is 5.75 Å². The highest BCUT2D eigenvalue weighted by molar-refractivity contribution is 9.10. The average Bonchev–Trinajstić information content (AvgIpc) is 2.02. The minimum Gasteiger partial charge on any atom is -0.491 e. The highest BCUT2D eigenvalue weighted by Gasteiger charge is 2.06. The van der Waals surface area contributed by atoms with Crippen molar-refractivity contribution in [1.82, 2.24) is 0 Å². The first-order valence-corrected chi connectivity index (χ1v) is 5.57. The molecule has 0 saturated carbocycles. The van der Waals surface area contributed by atoms with Crippen LogP contribution >= 0.6 is 40.2 Å². The predicted molar refractivity (Wildman–Crippen MR) is 62.2 cm³/mol. The monoisotopic (exact) mass is 280 g/mol. The van der Waals surface area contributed by atoms with Gasteiger partial charge in [0.2, 0.25) is 0 Å². The second kappa shape index (κ2) is 5.13. The third-order valence-corrected chi connectivity index (χ3v) is 2.58. The normalized spacial score (nSPS) is 10.2. The average molecular weight is 282 g/mol. The minimum atomic E-state index is 0.653. The smallest absolute Gasteiger partial charge is 0.146 e. The Labute approximate surface area is 97.0 Å². The molecule has 0 aromatic heterocycles. The number of hydrogen-bond donors (Lipinski definition) is 1. The van der Waals surface area contributed by atoms with E-state index in [0.717, 1.165) is 21.5 Å². The van der Waals surface area contributed by atoms with Gasteiger partial charge in [-0.25, -0.2) is 0 Å². The molecule has 0 aliphatic heterocycles. The Balaban J connectivity index is 2.92. The zero-order chi connectivity index (χ0) is 9.84. The van der Waals surface area contributed by atoms with Crippen molar-refractivity contribution in [3.05, 3.63) is 21.6 Å². The molecule has 1 aromatic rings. The quantitative estimate of drug-likeness (QED) is 0.818. The summed E-state index contributed by atoms with van der Waals surface area (Å²) in [7, 11) is 0. The highest BCUT2D eigenvalue weighted by Crippen LogP contribution is 2.34. The molecule has 0 saturated heterocycles. The number of rotatable bonds is 3. The van der Waals surface area contributed by atoms with Crippen LogP contribution in [-0.2, 0) is 0 Å². The lowest BCUT2D eigenvalue weighted by Crippen LogP contribution is -1.96. The van der Waals surface area contributed by atoms with Gasteiger partial charge in [0.15, 0.2) is 0 Å². The Hall–Kier alpha value is 0.140. The molecule has 1 rings (SSSR count). The van der Waals surface area contributed by atoms with E-state index in [1.807, 2.05) is 0 Å². The molecule has 0 atom stereocenters. The number of halogens is 2. The van der Waals surface area contributed by atoms with E-state index < -0.39 is 0 Å². The van der Waals surface area contributed by atoms with Crippen LogP contribution in [0.15, 0.2) is 21.5 Å². The van der Waals surface area contributed by atoms with Crippen LogP contribution in [0.3, 0.4) is 0 Å². The molecule has 13 heavy (non-hydrogen) atoms. The fourth-order valence-electron chi connectivity index (χ4n) is 0.894. The summed E-state index contributed by atoms with van der Waals surface area (Å²) in [5.74, 6) is 0.759. The number of thiol groups is 1. The maximum atomic E-state index is 5.82. The van der Waals surface area contributed by atoms with Crippen molar-refractivity contribution in [2.45, 2.75) is 18.2 Å². The van der Waals surface area contributed by atoms with E-state index in [9.17, 15) is 0 Å². The largest absolute Gasteiger partial charge is 0.491 e. The van der Waals surface area contributed by atoms with Crippen LogP contribution in [-0.4, -0.2) is 6.61 Å². The summed E-state index contributed by atoms with van der Waals surface area (Å²) in [6.07, 6.45) is 0.974. The molecule has 0 aliphatic carbocycles. The van der Waals surface area contributed by atoms with Crippen molar-refractivity contribution in [3.8, 4) is 5.75 Å². The molecule has 0 spiro atoms. The van der Waals surface area contributed by atoms with Crippen molar-refractivity contribution in [1.29, 1.82) is 0 Å². The van der Waals surface area contributed by atoms with Gasteiger partial charge in [0.25, 0.3) is 0 Å². The Morgan fingerprint density at radius 2 is 2.23 bits per heavy atom. The second-order valence-corrected chi connectivity index (χ2v) is 4.36. The van der Waals surface area contributed by atoms with Gasteiger partial charge in [0.05, 0.1) is 11.1 Å². The van der Waals surface area contributed by atoms with E-state index in [1.54, 1.807) is 12.1 Å². The van der Waals surface area contributed by atoms with E-state index >= 15 is 0 Å². The molecule has 0 fully saturated rings. The van der Waals surface area contributed by atoms with Crippen molar-refractivity contribution < 1.29 is 4.74 Å². The Bertz CT molecular complexity index is 281. The summed E-state index contributed by atoms with van der Waals surface area (Å²) < 4.78 is 6.34. The van der Waals surface area contributed by atoms with Crippen molar-refractivity contribution >= 4 is 40.2 Å². The minimum absolute atomic E-state index is 0.653. The van der Waals surface area contributed by atoms with E-state index in [0.29, 0.717) is 11.6 Å². The first-order valence-electron chi connectivity index (χ1n) is 3.96. The lowest BCUT2D eigenvalue weighted by Gasteiger charge is -2.09. The fourth-order valence-corrected chi connectivity index (χ4v) is 2.37. The van der Waals surface area contributed by atoms with Crippen molar-refractivity contribution in [2.75, 3.05) is 6.61 Å². The van der Waals surface area contributed by atoms with Crippen molar-refractivity contribution in [3.63, 3.8) is 0 Å². The third kappa shape index (κ3) is 3.08. The molecule has 72 valence electrons. The summed E-state index contributed by atoms with van der Waals surface area (Å²) in [4.78, 5) is 0.757. The molecule has 0 aliphatic rings. The molecule has 0 bridgehead atoms. The van der Waals surface area contributed by atoms with Gasteiger partial charge in [0.1, 0.15) is 5.75 Å². The van der Waals surface area contributed by atoms with Crippen LogP contribution in [0.1, 0.15) is 13.3 Å². The predicted octanol–water partition coefficient (Wildman–Crippen LogP) is 4.18. The molecular formula is C9H10BrClOS. The second-order valence-electron chi connectivity index (χ2n) is 2.58. The SMILES string of the molecule is CCCOc1c(S)cc(Cl)cc1Br. The highest BCUT2D eigenvalue weighted by atomic mass is 79.9. The molecule has 0 unspecified atom stereocenters. The number of hydrogen-bond acceptors (Lipinski definition) is 2. The summed E-state index contributed by atoms with van der Waals surface area (Å²) in [6.45, 7) is 2.75. The van der Waals surface area contributed by atoms with Crippen LogP contribution < -0.4 is 4.74 Å². The summed E-state index contributed by atoms with van der Waals surface area (Å²) in [5, 5.41) is 0.653. The van der Waals surface area contributed by atoms with Gasteiger partial charge in [-0.3, -0.25) is 0 Å². The molecule has 1 aromatic carbocycles. The lowest BCUT2D eigenvalue weighted by atomic mass is 10.3. The Morgan fingerprint density at radius 1 is 1.54 bits per heavy atom. The molecular weight excluding hydrogens is 272 g/mol. The van der Waals surface area contributed by atoms with E-state index in [-0.39, 0.29) is 0 Å². The maximum Gasteiger partial charge on any atom is 0.146 e. The van der Waals surface area contributed by atoms with Crippen LogP contribution in [0.4, 0.5) is 0 Å². The number of ether oxygens (including phenoxy) is 1. The van der Waals surface area contributed by atoms with Crippen LogP contribution in [0.25, 0.3) is 0 Å². The zero-order valence-corrected chi connectivity index (χ0v) is 10.4. The van der Waals surface area contributed by atoms with Crippen molar-refractivity contribution in [2.24, 2.45) is 0 Å². The molecule has 1 nitrogen and oxygen atoms in total. The zero-order valence-electron chi connectivity index (χ0n) is 7.18. The van der Waals surface area contributed by atoms with Gasteiger partial charge < -0.3 is 4.74 Å². The summed E-state index contributed by atoms with van der Waals surface area (Å²) in [6, 6.07) is 3.56. The van der Waals surface area contributed by atoms with Gasteiger partial charge in [-0.15, -0.1) is 12.6 Å². The standard InChI is InChI=1S/C9H10BrClOS/c1-2-3-12-9-7(10)4-6(11)5-8(9)13/h4-5,13H,2-3H2,1H3. The van der Waals surface area contributed by atoms with E-state index in [4.69, 9.17) is 16.3 Å². The molecule has 0 amide bonds. The molecule has 4 heteroatoms. The Kier molecular flexibility index (Phi) is 4.42. The lowest BCUT2D eigenvalue weighted by molar-refractivity contribution is 0.308. The molecule has 0 radical (unpaired) electrons. The molecule has 0 heterocycles. The molecule has 0 N–H and O–H groups in total. The van der Waals surface area contributed by atoms with Gasteiger partial charge in [0, 0.05) is 9.92 Å². The van der Waals surface area contributed by atoms with Gasteiger partial charge >= 0.3 is 0 Å². The topological polar surface area (TPSA) is 9.23 Å². The van der Waals surface area contributed by atoms with E-state index in [1.165, 1.54) is 0 Å². The number of benzene rings is 1. The van der Waals surface area contributed by atoms with Gasteiger partial charge in [-0.2, -0.15) is 0 Å². The third-order valence-electron chi connectivity index (χ3n) is 1.44. The maximum absolute atomic E-state index is 5.82. The van der Waals surface area contributed by atoms with Crippen LogP contribution in [0, 0.1) is 0 Å². The van der Waals surface area contributed by atoms with Gasteiger partial charge in [-0.05, 0) is 34.5 Å². The first-order chi connectivity index (χ1) is 6.15. The fraction of sp³-hybridized carbons (Fsp3) is 0.333. The van der Waals surface area contributed by atoms with E-state index in [2.05, 4.69) is 35.5 Å². The van der Waals surface area contributed by atoms with Crippen LogP contribution in [0.2, 0.25) is 5.02 Å². The summed E-state index contributed by atoms with van der Waals surface area (Å²) >= 11 is 13.5.